The van der Waals surface area contributed by atoms with Gasteiger partial charge in [-0.1, -0.05) is 25.6 Å². The minimum Gasteiger partial charge on any atom is -0.508 e. The quantitative estimate of drug-likeness (QED) is 0.768. The van der Waals surface area contributed by atoms with Crippen LogP contribution in [0, 0.1) is 0 Å². The minimum absolute atomic E-state index is 0.252. The maximum atomic E-state index is 9.27. The van der Waals surface area contributed by atoms with Crippen LogP contribution < -0.4 is 0 Å². The van der Waals surface area contributed by atoms with E-state index in [-0.39, 0.29) is 5.75 Å². The maximum Gasteiger partial charge on any atom is 0.208 e. The molecule has 1 heterocycles. The predicted octanol–water partition coefficient (Wildman–Crippen LogP) is 2.61. The van der Waals surface area contributed by atoms with Crippen LogP contribution in [0.3, 0.4) is 0 Å². The number of aromatic nitrogens is 3. The zero-order valence-corrected chi connectivity index (χ0v) is 12.7. The normalized spacial score (nSPS) is 11.2. The highest BCUT2D eigenvalue weighted by Crippen LogP contribution is 2.21. The van der Waals surface area contributed by atoms with Crippen LogP contribution in [0.1, 0.15) is 13.8 Å². The summed E-state index contributed by atoms with van der Waals surface area (Å²) in [5.74, 6) is 1.96. The summed E-state index contributed by atoms with van der Waals surface area (Å²) in [5.41, 5.74) is 0.922. The molecule has 1 aromatic carbocycles. The second-order valence-corrected chi connectivity index (χ2v) is 5.45. The number of nitrogens with zero attached hydrogens (tertiary/aromatic N) is 3. The molecule has 0 aliphatic carbocycles. The molecule has 0 bridgehead atoms. The van der Waals surface area contributed by atoms with E-state index in [4.69, 9.17) is 0 Å². The summed E-state index contributed by atoms with van der Waals surface area (Å²) >= 11 is 1.65. The van der Waals surface area contributed by atoms with Crippen LogP contribution in [0.4, 0.5) is 0 Å². The molecule has 0 amide bonds. The molecule has 0 aliphatic rings. The number of phenolic OH excluding ortho intramolecular Hbond substituents is 1. The Morgan fingerprint density at radius 1 is 1.20 bits per heavy atom. The van der Waals surface area contributed by atoms with Gasteiger partial charge in [-0.2, -0.15) is 0 Å². The molecule has 0 unspecified atom stereocenters. The first-order chi connectivity index (χ1) is 9.72. The summed E-state index contributed by atoms with van der Waals surface area (Å²) in [5, 5.41) is 17.2. The zero-order valence-electron chi connectivity index (χ0n) is 11.8. The van der Waals surface area contributed by atoms with Crippen LogP contribution in [0.2, 0.25) is 0 Å². The number of thioether (sulfide) groups is 1. The third-order valence-electron chi connectivity index (χ3n) is 3.14. The van der Waals surface area contributed by atoms with Crippen molar-refractivity contribution in [2.24, 2.45) is 0 Å². The molecule has 2 aromatic rings. The molecule has 108 valence electrons. The molecule has 0 aliphatic heterocycles. The van der Waals surface area contributed by atoms with Crippen molar-refractivity contribution >= 4 is 11.8 Å². The summed E-state index contributed by atoms with van der Waals surface area (Å²) < 4.78 is 0. The van der Waals surface area contributed by atoms with Crippen molar-refractivity contribution in [2.75, 3.05) is 25.4 Å². The molecule has 5 nitrogen and oxygen atoms in total. The zero-order chi connectivity index (χ0) is 14.4. The van der Waals surface area contributed by atoms with Gasteiger partial charge in [-0.05, 0) is 37.4 Å². The summed E-state index contributed by atoms with van der Waals surface area (Å²) in [7, 11) is 0. The largest absolute Gasteiger partial charge is 0.508 e. The maximum absolute atomic E-state index is 9.27. The Morgan fingerprint density at radius 2 is 1.90 bits per heavy atom. The van der Waals surface area contributed by atoms with Crippen LogP contribution >= 0.6 is 11.8 Å². The molecule has 20 heavy (non-hydrogen) atoms. The van der Waals surface area contributed by atoms with Crippen molar-refractivity contribution < 1.29 is 5.11 Å². The van der Waals surface area contributed by atoms with Gasteiger partial charge in [0.05, 0.1) is 0 Å². The van der Waals surface area contributed by atoms with Crippen LogP contribution in [0.15, 0.2) is 29.4 Å². The summed E-state index contributed by atoms with van der Waals surface area (Å²) in [6.07, 6.45) is 0. The number of rotatable bonds is 7. The van der Waals surface area contributed by atoms with Crippen LogP contribution in [0.25, 0.3) is 11.4 Å². The molecule has 1 aromatic heterocycles. The Morgan fingerprint density at radius 3 is 2.55 bits per heavy atom. The van der Waals surface area contributed by atoms with E-state index >= 15 is 0 Å². The van der Waals surface area contributed by atoms with Crippen molar-refractivity contribution in [3.8, 4) is 17.1 Å². The third kappa shape index (κ3) is 3.98. The standard InChI is InChI=1S/C14H20N4OS/c1-3-18(4-2)9-10-20-14-15-13(16-17-14)11-5-7-12(19)8-6-11/h5-8,19H,3-4,9-10H2,1-2H3,(H,15,16,17). The van der Waals surface area contributed by atoms with E-state index in [1.165, 1.54) is 0 Å². The molecule has 0 spiro atoms. The topological polar surface area (TPSA) is 65.0 Å². The number of nitrogens with one attached hydrogen (secondary N) is 1. The minimum atomic E-state index is 0.252. The number of hydrogen-bond acceptors (Lipinski definition) is 5. The molecule has 2 rings (SSSR count). The van der Waals surface area contributed by atoms with E-state index in [0.717, 1.165) is 41.9 Å². The van der Waals surface area contributed by atoms with Gasteiger partial charge in [-0.3, -0.25) is 5.10 Å². The Bertz CT molecular complexity index is 522. The highest BCUT2D eigenvalue weighted by Gasteiger charge is 2.07. The second-order valence-electron chi connectivity index (χ2n) is 4.39. The molecule has 0 atom stereocenters. The second kappa shape index (κ2) is 7.31. The molecular formula is C14H20N4OS. The van der Waals surface area contributed by atoms with Gasteiger partial charge in [0.15, 0.2) is 5.82 Å². The van der Waals surface area contributed by atoms with E-state index in [9.17, 15) is 5.11 Å². The summed E-state index contributed by atoms with van der Waals surface area (Å²) in [4.78, 5) is 6.83. The molecule has 6 heteroatoms. The predicted molar refractivity (Wildman–Crippen MR) is 82.0 cm³/mol. The first-order valence-corrected chi connectivity index (χ1v) is 7.78. The van der Waals surface area contributed by atoms with Crippen LogP contribution in [-0.2, 0) is 0 Å². The number of hydrogen-bond donors (Lipinski definition) is 2. The van der Waals surface area contributed by atoms with Gasteiger partial charge < -0.3 is 10.0 Å². The van der Waals surface area contributed by atoms with Gasteiger partial charge >= 0.3 is 0 Å². The van der Waals surface area contributed by atoms with Gasteiger partial charge in [0.2, 0.25) is 5.16 Å². The van der Waals surface area contributed by atoms with Crippen LogP contribution in [-0.4, -0.2) is 50.6 Å². The average Bonchev–Trinajstić information content (AvgIpc) is 2.93. The fourth-order valence-corrected chi connectivity index (χ4v) is 2.66. The SMILES string of the molecule is CCN(CC)CCSc1n[nH]c(-c2ccc(O)cc2)n1. The third-order valence-corrected chi connectivity index (χ3v) is 3.97. The fourth-order valence-electron chi connectivity index (χ4n) is 1.87. The van der Waals surface area contributed by atoms with E-state index in [1.54, 1.807) is 23.9 Å². The van der Waals surface area contributed by atoms with Gasteiger partial charge in [0.25, 0.3) is 0 Å². The number of benzene rings is 1. The Labute approximate surface area is 123 Å². The lowest BCUT2D eigenvalue weighted by atomic mass is 10.2. The summed E-state index contributed by atoms with van der Waals surface area (Å²) in [6.45, 7) is 7.53. The monoisotopic (exact) mass is 292 g/mol. The van der Waals surface area contributed by atoms with Crippen molar-refractivity contribution in [1.82, 2.24) is 20.1 Å². The average molecular weight is 292 g/mol. The Balaban J connectivity index is 1.90. The molecular weight excluding hydrogens is 272 g/mol. The van der Waals surface area contributed by atoms with E-state index in [2.05, 4.69) is 33.9 Å². The first kappa shape index (κ1) is 14.9. The molecule has 2 N–H and O–H groups in total. The number of aromatic amines is 1. The first-order valence-electron chi connectivity index (χ1n) is 6.80. The van der Waals surface area contributed by atoms with Crippen LogP contribution in [0.5, 0.6) is 5.75 Å². The molecule has 0 fully saturated rings. The highest BCUT2D eigenvalue weighted by atomic mass is 32.2. The van der Waals surface area contributed by atoms with Crippen molar-refractivity contribution in [3.63, 3.8) is 0 Å². The molecule has 0 saturated carbocycles. The van der Waals surface area contributed by atoms with Gasteiger partial charge in [-0.25, -0.2) is 4.98 Å². The van der Waals surface area contributed by atoms with Gasteiger partial charge in [0, 0.05) is 17.9 Å². The lowest BCUT2D eigenvalue weighted by Crippen LogP contribution is -2.25. The van der Waals surface area contributed by atoms with Gasteiger partial charge in [-0.15, -0.1) is 5.10 Å². The van der Waals surface area contributed by atoms with E-state index < -0.39 is 0 Å². The van der Waals surface area contributed by atoms with Gasteiger partial charge in [0.1, 0.15) is 5.75 Å². The van der Waals surface area contributed by atoms with Crippen molar-refractivity contribution in [2.45, 2.75) is 19.0 Å². The Hall–Kier alpha value is -1.53. The molecule has 0 radical (unpaired) electrons. The number of H-pyrrole nitrogens is 1. The Kier molecular flexibility index (Phi) is 5.43. The van der Waals surface area contributed by atoms with E-state index in [0.29, 0.717) is 0 Å². The van der Waals surface area contributed by atoms with E-state index in [1.807, 2.05) is 12.1 Å². The number of aromatic hydroxyl groups is 1. The lowest BCUT2D eigenvalue weighted by Gasteiger charge is -2.16. The lowest BCUT2D eigenvalue weighted by molar-refractivity contribution is 0.324. The van der Waals surface area contributed by atoms with Crippen molar-refractivity contribution in [1.29, 1.82) is 0 Å². The molecule has 0 saturated heterocycles. The number of phenols is 1. The fraction of sp³-hybridized carbons (Fsp3) is 0.429. The highest BCUT2D eigenvalue weighted by molar-refractivity contribution is 7.99. The summed E-state index contributed by atoms with van der Waals surface area (Å²) in [6, 6.07) is 6.93. The smallest absolute Gasteiger partial charge is 0.208 e. The van der Waals surface area contributed by atoms with Crippen molar-refractivity contribution in [3.05, 3.63) is 24.3 Å².